The minimum Gasteiger partial charge on any atom is -0.264 e. The molecule has 0 aliphatic carbocycles. The molecule has 0 saturated heterocycles. The van der Waals surface area contributed by atoms with Crippen LogP contribution in [0.25, 0.3) is 17.2 Å². The lowest BCUT2D eigenvalue weighted by Crippen LogP contribution is -2.01. The molecule has 3 aromatic heterocycles. The average Bonchev–Trinajstić information content (AvgIpc) is 2.94. The molecule has 0 amide bonds. The van der Waals surface area contributed by atoms with Crippen molar-refractivity contribution in [2.45, 2.75) is 0 Å². The summed E-state index contributed by atoms with van der Waals surface area (Å²) in [4.78, 5) is 12.7. The topological polar surface area (TPSA) is 56.5 Å². The van der Waals surface area contributed by atoms with Gasteiger partial charge < -0.3 is 0 Å². The third kappa shape index (κ3) is 1.90. The fraction of sp³-hybridized carbons (Fsp3) is 0. The summed E-state index contributed by atoms with van der Waals surface area (Å²) in [7, 11) is 0. The van der Waals surface area contributed by atoms with E-state index in [0.29, 0.717) is 5.95 Å². The van der Waals surface area contributed by atoms with Crippen LogP contribution in [0.1, 0.15) is 0 Å². The SMILES string of the molecule is c1cncc(-c2ccnc(-n3cccn3)n2)c1. The Kier molecular flexibility index (Phi) is 2.34. The molecule has 0 bridgehead atoms. The first-order valence-electron chi connectivity index (χ1n) is 5.17. The lowest BCUT2D eigenvalue weighted by atomic mass is 10.2. The number of nitrogens with zero attached hydrogens (tertiary/aromatic N) is 5. The summed E-state index contributed by atoms with van der Waals surface area (Å²) < 4.78 is 1.62. The van der Waals surface area contributed by atoms with E-state index in [9.17, 15) is 0 Å². The molecule has 17 heavy (non-hydrogen) atoms. The van der Waals surface area contributed by atoms with Crippen LogP contribution in [0.5, 0.6) is 0 Å². The molecular weight excluding hydrogens is 214 g/mol. The first-order valence-corrected chi connectivity index (χ1v) is 5.17. The van der Waals surface area contributed by atoms with Crippen LogP contribution in [0.3, 0.4) is 0 Å². The van der Waals surface area contributed by atoms with Gasteiger partial charge in [-0.05, 0) is 24.3 Å². The van der Waals surface area contributed by atoms with Gasteiger partial charge in [0.25, 0.3) is 5.95 Å². The Labute approximate surface area is 97.8 Å². The summed E-state index contributed by atoms with van der Waals surface area (Å²) in [5, 5.41) is 4.10. The second-order valence-corrected chi connectivity index (χ2v) is 3.43. The lowest BCUT2D eigenvalue weighted by Gasteiger charge is -2.02. The van der Waals surface area contributed by atoms with Gasteiger partial charge in [-0.3, -0.25) is 4.98 Å². The quantitative estimate of drug-likeness (QED) is 0.663. The van der Waals surface area contributed by atoms with Crippen LogP contribution in [0.2, 0.25) is 0 Å². The van der Waals surface area contributed by atoms with Crippen LogP contribution in [0.4, 0.5) is 0 Å². The molecule has 0 fully saturated rings. The van der Waals surface area contributed by atoms with E-state index in [4.69, 9.17) is 0 Å². The standard InChI is InChI=1S/C12H9N5/c1-3-10(9-13-5-1)11-4-7-14-12(16-11)17-8-2-6-15-17/h1-9H. The molecule has 0 aliphatic rings. The highest BCUT2D eigenvalue weighted by Gasteiger charge is 2.03. The molecule has 0 aromatic carbocycles. The van der Waals surface area contributed by atoms with E-state index in [1.807, 2.05) is 30.5 Å². The van der Waals surface area contributed by atoms with Crippen LogP contribution >= 0.6 is 0 Å². The monoisotopic (exact) mass is 223 g/mol. The molecule has 5 heteroatoms. The van der Waals surface area contributed by atoms with Gasteiger partial charge in [0, 0.05) is 36.5 Å². The Bertz CT molecular complexity index is 604. The van der Waals surface area contributed by atoms with E-state index in [1.165, 1.54) is 0 Å². The highest BCUT2D eigenvalue weighted by Crippen LogP contribution is 2.15. The third-order valence-corrected chi connectivity index (χ3v) is 2.31. The minimum atomic E-state index is 0.552. The molecule has 0 radical (unpaired) electrons. The molecule has 3 rings (SSSR count). The lowest BCUT2D eigenvalue weighted by molar-refractivity contribution is 0.809. The van der Waals surface area contributed by atoms with Gasteiger partial charge in [-0.1, -0.05) is 0 Å². The van der Waals surface area contributed by atoms with Crippen molar-refractivity contribution in [3.05, 3.63) is 55.2 Å². The van der Waals surface area contributed by atoms with Crippen molar-refractivity contribution in [2.24, 2.45) is 0 Å². The number of rotatable bonds is 2. The normalized spacial score (nSPS) is 10.4. The van der Waals surface area contributed by atoms with Crippen LogP contribution < -0.4 is 0 Å². The van der Waals surface area contributed by atoms with Crippen LogP contribution in [0, 0.1) is 0 Å². The molecule has 3 heterocycles. The molecule has 5 nitrogen and oxygen atoms in total. The Hall–Kier alpha value is -2.56. The smallest absolute Gasteiger partial charge is 0.251 e. The van der Waals surface area contributed by atoms with Crippen molar-refractivity contribution in [1.29, 1.82) is 0 Å². The summed E-state index contributed by atoms with van der Waals surface area (Å²) in [5.74, 6) is 0.552. The Morgan fingerprint density at radius 1 is 1.00 bits per heavy atom. The molecule has 0 N–H and O–H groups in total. The Balaban J connectivity index is 2.06. The number of pyridine rings is 1. The summed E-state index contributed by atoms with van der Waals surface area (Å²) in [6, 6.07) is 7.53. The average molecular weight is 223 g/mol. The molecule has 0 spiro atoms. The van der Waals surface area contributed by atoms with E-state index in [2.05, 4.69) is 20.1 Å². The highest BCUT2D eigenvalue weighted by molar-refractivity contribution is 5.57. The molecule has 0 aliphatic heterocycles. The summed E-state index contributed by atoms with van der Waals surface area (Å²) in [6.07, 6.45) is 8.73. The fourth-order valence-corrected chi connectivity index (χ4v) is 1.52. The van der Waals surface area contributed by atoms with E-state index in [0.717, 1.165) is 11.3 Å². The Morgan fingerprint density at radius 3 is 2.76 bits per heavy atom. The molecule has 3 aromatic rings. The zero-order valence-corrected chi connectivity index (χ0v) is 8.93. The summed E-state index contributed by atoms with van der Waals surface area (Å²) in [6.45, 7) is 0. The van der Waals surface area contributed by atoms with Crippen LogP contribution in [0.15, 0.2) is 55.2 Å². The van der Waals surface area contributed by atoms with Crippen molar-refractivity contribution in [2.75, 3.05) is 0 Å². The number of hydrogen-bond acceptors (Lipinski definition) is 4. The maximum absolute atomic E-state index is 4.43. The maximum Gasteiger partial charge on any atom is 0.251 e. The largest absolute Gasteiger partial charge is 0.264 e. The second-order valence-electron chi connectivity index (χ2n) is 3.43. The van der Waals surface area contributed by atoms with E-state index < -0.39 is 0 Å². The third-order valence-electron chi connectivity index (χ3n) is 2.31. The zero-order valence-electron chi connectivity index (χ0n) is 8.93. The fourth-order valence-electron chi connectivity index (χ4n) is 1.52. The molecular formula is C12H9N5. The summed E-state index contributed by atoms with van der Waals surface area (Å²) in [5.41, 5.74) is 1.79. The molecule has 0 atom stereocenters. The second kappa shape index (κ2) is 4.13. The molecule has 0 unspecified atom stereocenters. The van der Waals surface area contributed by atoms with E-state index >= 15 is 0 Å². The predicted molar refractivity (Wildman–Crippen MR) is 62.4 cm³/mol. The van der Waals surface area contributed by atoms with Gasteiger partial charge in [0.2, 0.25) is 0 Å². The molecule has 0 saturated carbocycles. The first kappa shape index (κ1) is 9.65. The predicted octanol–water partition coefficient (Wildman–Crippen LogP) is 1.72. The maximum atomic E-state index is 4.43. The van der Waals surface area contributed by atoms with Crippen LogP contribution in [-0.2, 0) is 0 Å². The van der Waals surface area contributed by atoms with Gasteiger partial charge in [0.15, 0.2) is 0 Å². The van der Waals surface area contributed by atoms with Crippen molar-refractivity contribution in [3.63, 3.8) is 0 Å². The van der Waals surface area contributed by atoms with Gasteiger partial charge in [0.1, 0.15) is 0 Å². The minimum absolute atomic E-state index is 0.552. The van der Waals surface area contributed by atoms with Crippen molar-refractivity contribution in [3.8, 4) is 17.2 Å². The number of aromatic nitrogens is 5. The number of hydrogen-bond donors (Lipinski definition) is 0. The zero-order chi connectivity index (χ0) is 11.5. The van der Waals surface area contributed by atoms with Gasteiger partial charge in [-0.25, -0.2) is 14.6 Å². The van der Waals surface area contributed by atoms with Gasteiger partial charge in [0.05, 0.1) is 5.69 Å². The highest BCUT2D eigenvalue weighted by atomic mass is 15.3. The van der Waals surface area contributed by atoms with Crippen molar-refractivity contribution < 1.29 is 0 Å². The Morgan fingerprint density at radius 2 is 2.00 bits per heavy atom. The summed E-state index contributed by atoms with van der Waals surface area (Å²) >= 11 is 0. The van der Waals surface area contributed by atoms with Gasteiger partial charge in [-0.2, -0.15) is 5.10 Å². The van der Waals surface area contributed by atoms with Gasteiger partial charge >= 0.3 is 0 Å². The van der Waals surface area contributed by atoms with Gasteiger partial charge in [-0.15, -0.1) is 0 Å². The van der Waals surface area contributed by atoms with Crippen molar-refractivity contribution in [1.82, 2.24) is 24.7 Å². The van der Waals surface area contributed by atoms with Crippen molar-refractivity contribution >= 4 is 0 Å². The van der Waals surface area contributed by atoms with E-state index in [-0.39, 0.29) is 0 Å². The molecule has 82 valence electrons. The van der Waals surface area contributed by atoms with E-state index in [1.54, 1.807) is 29.5 Å². The van der Waals surface area contributed by atoms with Crippen LogP contribution in [-0.4, -0.2) is 24.7 Å². The first-order chi connectivity index (χ1) is 8.43.